The third-order valence-electron chi connectivity index (χ3n) is 5.18. The van der Waals surface area contributed by atoms with Crippen LogP contribution in [0.3, 0.4) is 0 Å². The van der Waals surface area contributed by atoms with E-state index in [-0.39, 0.29) is 11.6 Å². The number of hydrogen-bond donors (Lipinski definition) is 2. The molecule has 3 heterocycles. The monoisotopic (exact) mass is 407 g/mol. The van der Waals surface area contributed by atoms with Crippen LogP contribution in [0.15, 0.2) is 48.8 Å². The summed E-state index contributed by atoms with van der Waals surface area (Å²) in [6, 6.07) is 12.2. The predicted octanol–water partition coefficient (Wildman–Crippen LogP) is 3.66. The van der Waals surface area contributed by atoms with E-state index < -0.39 is 6.41 Å². The summed E-state index contributed by atoms with van der Waals surface area (Å²) in [5, 5.41) is 15.0. The van der Waals surface area contributed by atoms with E-state index in [0.29, 0.717) is 5.82 Å². The minimum absolute atomic E-state index is 0.270. The third kappa shape index (κ3) is 4.92. The van der Waals surface area contributed by atoms with Crippen molar-refractivity contribution in [1.29, 1.82) is 0 Å². The number of aromatic nitrogens is 3. The zero-order chi connectivity index (χ0) is 21.1. The first-order valence-corrected chi connectivity index (χ1v) is 10.4. The van der Waals surface area contributed by atoms with Crippen molar-refractivity contribution in [2.24, 2.45) is 0 Å². The Morgan fingerprint density at radius 3 is 2.47 bits per heavy atom. The number of benzene rings is 1. The van der Waals surface area contributed by atoms with Crippen LogP contribution in [-0.4, -0.2) is 56.1 Å². The Labute approximate surface area is 177 Å². The summed E-state index contributed by atoms with van der Waals surface area (Å²) in [7, 11) is 0. The summed E-state index contributed by atoms with van der Waals surface area (Å²) in [6.07, 6.45) is 4.42. The van der Waals surface area contributed by atoms with E-state index in [9.17, 15) is 5.11 Å². The van der Waals surface area contributed by atoms with Crippen LogP contribution in [-0.2, 0) is 4.74 Å². The number of rotatable bonds is 5. The molecule has 1 saturated heterocycles. The number of ether oxygens (including phenoxy) is 1. The Morgan fingerprint density at radius 2 is 1.77 bits per heavy atom. The third-order valence-corrected chi connectivity index (χ3v) is 5.18. The van der Waals surface area contributed by atoms with E-state index >= 15 is 0 Å². The number of nitrogens with one attached hydrogen (secondary N) is 1. The van der Waals surface area contributed by atoms with E-state index in [1.54, 1.807) is 12.4 Å². The molecule has 1 aliphatic rings. The molecule has 0 spiro atoms. The summed E-state index contributed by atoms with van der Waals surface area (Å²) in [4.78, 5) is 15.6. The molecule has 7 heteroatoms. The van der Waals surface area contributed by atoms with Crippen LogP contribution < -0.4 is 5.32 Å². The molecule has 7 nitrogen and oxygen atoms in total. The minimum Gasteiger partial charge on any atom is -0.367 e. The van der Waals surface area contributed by atoms with Crippen molar-refractivity contribution in [3.05, 3.63) is 48.8 Å². The molecule has 1 fully saturated rings. The first kappa shape index (κ1) is 20.7. The standard InChI is InChI=1S/C23H29N5O2/c1-23(2,3)30-22(29)28-14-10-17(11-15-28)25-21-18-6-4-5-7-19(18)26-20(27-21)16-8-12-24-13-9-16/h4-9,12-13,17,22,29H,10-11,14-15H2,1-3H3,(H,25,26,27). The lowest BCUT2D eigenvalue weighted by Gasteiger charge is -2.37. The SMILES string of the molecule is CC(C)(C)OC(O)N1CCC(Nc2nc(-c3ccncc3)nc3ccccc23)CC1. The Bertz CT molecular complexity index is 982. The number of anilines is 1. The average Bonchev–Trinajstić information content (AvgIpc) is 2.73. The van der Waals surface area contributed by atoms with Gasteiger partial charge in [0.1, 0.15) is 5.82 Å². The Kier molecular flexibility index (Phi) is 5.94. The van der Waals surface area contributed by atoms with E-state index in [4.69, 9.17) is 14.7 Å². The van der Waals surface area contributed by atoms with Crippen LogP contribution in [0.1, 0.15) is 33.6 Å². The molecule has 0 aliphatic carbocycles. The second-order valence-electron chi connectivity index (χ2n) is 8.66. The van der Waals surface area contributed by atoms with Crippen molar-refractivity contribution >= 4 is 16.7 Å². The van der Waals surface area contributed by atoms with Gasteiger partial charge in [-0.1, -0.05) is 12.1 Å². The second kappa shape index (κ2) is 8.63. The molecule has 0 saturated carbocycles. The van der Waals surface area contributed by atoms with Crippen LogP contribution in [0.4, 0.5) is 5.82 Å². The Balaban J connectivity index is 1.50. The fourth-order valence-electron chi connectivity index (χ4n) is 3.67. The van der Waals surface area contributed by atoms with Crippen molar-refractivity contribution in [3.63, 3.8) is 0 Å². The number of aliphatic hydroxyl groups is 1. The van der Waals surface area contributed by atoms with Crippen molar-refractivity contribution in [2.45, 2.75) is 51.7 Å². The predicted molar refractivity (Wildman–Crippen MR) is 118 cm³/mol. The van der Waals surface area contributed by atoms with Crippen LogP contribution in [0, 0.1) is 0 Å². The topological polar surface area (TPSA) is 83.4 Å². The molecule has 1 aromatic carbocycles. The summed E-state index contributed by atoms with van der Waals surface area (Å²) in [5.74, 6) is 1.53. The molecular formula is C23H29N5O2. The normalized spacial score (nSPS) is 17.2. The minimum atomic E-state index is -0.871. The number of pyridine rings is 1. The zero-order valence-corrected chi connectivity index (χ0v) is 17.7. The fraction of sp³-hybridized carbons (Fsp3) is 0.435. The molecule has 0 amide bonds. The molecule has 0 bridgehead atoms. The molecule has 1 unspecified atom stereocenters. The van der Waals surface area contributed by atoms with Crippen LogP contribution in [0.5, 0.6) is 0 Å². The largest absolute Gasteiger partial charge is 0.367 e. The lowest BCUT2D eigenvalue weighted by atomic mass is 10.0. The highest BCUT2D eigenvalue weighted by molar-refractivity contribution is 5.90. The maximum atomic E-state index is 10.3. The van der Waals surface area contributed by atoms with E-state index in [1.807, 2.05) is 62.1 Å². The van der Waals surface area contributed by atoms with Crippen molar-refractivity contribution in [3.8, 4) is 11.4 Å². The molecule has 158 valence electrons. The van der Waals surface area contributed by atoms with Gasteiger partial charge in [0.15, 0.2) is 5.82 Å². The Hall–Kier alpha value is -2.61. The number of aliphatic hydroxyl groups excluding tert-OH is 1. The Morgan fingerprint density at radius 1 is 1.07 bits per heavy atom. The summed E-state index contributed by atoms with van der Waals surface area (Å²) < 4.78 is 5.69. The number of fused-ring (bicyclic) bond motifs is 1. The number of hydrogen-bond acceptors (Lipinski definition) is 7. The van der Waals surface area contributed by atoms with Crippen LogP contribution in [0.2, 0.25) is 0 Å². The maximum absolute atomic E-state index is 10.3. The number of likely N-dealkylation sites (tertiary alicyclic amines) is 1. The number of piperidine rings is 1. The maximum Gasteiger partial charge on any atom is 0.216 e. The summed E-state index contributed by atoms with van der Waals surface area (Å²) >= 11 is 0. The number of para-hydroxylation sites is 1. The van der Waals surface area contributed by atoms with Crippen molar-refractivity contribution in [1.82, 2.24) is 19.9 Å². The highest BCUT2D eigenvalue weighted by atomic mass is 16.6. The molecule has 30 heavy (non-hydrogen) atoms. The van der Waals surface area contributed by atoms with Gasteiger partial charge in [0.25, 0.3) is 0 Å². The lowest BCUT2D eigenvalue weighted by Crippen LogP contribution is -2.47. The molecule has 3 aromatic rings. The fourth-order valence-corrected chi connectivity index (χ4v) is 3.67. The summed E-state index contributed by atoms with van der Waals surface area (Å²) in [6.45, 7) is 7.37. The van der Waals surface area contributed by atoms with Crippen LogP contribution >= 0.6 is 0 Å². The molecule has 2 aromatic heterocycles. The molecular weight excluding hydrogens is 378 g/mol. The zero-order valence-electron chi connectivity index (χ0n) is 17.7. The lowest BCUT2D eigenvalue weighted by molar-refractivity contribution is -0.242. The molecule has 1 atom stereocenters. The summed E-state index contributed by atoms with van der Waals surface area (Å²) in [5.41, 5.74) is 1.47. The van der Waals surface area contributed by atoms with Crippen molar-refractivity contribution < 1.29 is 9.84 Å². The van der Waals surface area contributed by atoms with Gasteiger partial charge in [0, 0.05) is 42.5 Å². The molecule has 0 radical (unpaired) electrons. The van der Waals surface area contributed by atoms with Gasteiger partial charge >= 0.3 is 0 Å². The van der Waals surface area contributed by atoms with Gasteiger partial charge in [-0.05, 0) is 57.9 Å². The van der Waals surface area contributed by atoms with E-state index in [2.05, 4.69) is 10.3 Å². The average molecular weight is 408 g/mol. The molecule has 2 N–H and O–H groups in total. The van der Waals surface area contributed by atoms with Gasteiger partial charge in [-0.2, -0.15) is 0 Å². The highest BCUT2D eigenvalue weighted by Gasteiger charge is 2.27. The molecule has 1 aliphatic heterocycles. The van der Waals surface area contributed by atoms with E-state index in [1.165, 1.54) is 0 Å². The first-order chi connectivity index (χ1) is 14.4. The van der Waals surface area contributed by atoms with Gasteiger partial charge < -0.3 is 15.2 Å². The first-order valence-electron chi connectivity index (χ1n) is 10.4. The number of nitrogens with zero attached hydrogens (tertiary/aromatic N) is 4. The van der Waals surface area contributed by atoms with Gasteiger partial charge in [-0.3, -0.25) is 9.88 Å². The smallest absolute Gasteiger partial charge is 0.216 e. The van der Waals surface area contributed by atoms with Gasteiger partial charge in [-0.25, -0.2) is 9.97 Å². The van der Waals surface area contributed by atoms with Crippen LogP contribution in [0.25, 0.3) is 22.3 Å². The molecule has 4 rings (SSSR count). The van der Waals surface area contributed by atoms with Crippen molar-refractivity contribution in [2.75, 3.05) is 18.4 Å². The highest BCUT2D eigenvalue weighted by Crippen LogP contribution is 2.27. The second-order valence-corrected chi connectivity index (χ2v) is 8.66. The van der Waals surface area contributed by atoms with Gasteiger partial charge in [-0.15, -0.1) is 0 Å². The quantitative estimate of drug-likeness (QED) is 0.625. The van der Waals surface area contributed by atoms with Gasteiger partial charge in [0.2, 0.25) is 6.41 Å². The van der Waals surface area contributed by atoms with E-state index in [0.717, 1.165) is 48.2 Å². The van der Waals surface area contributed by atoms with Gasteiger partial charge in [0.05, 0.1) is 11.1 Å².